The fourth-order valence-corrected chi connectivity index (χ4v) is 5.20. The van der Waals surface area contributed by atoms with Crippen LogP contribution in [0, 0.1) is 0 Å². The quantitative estimate of drug-likeness (QED) is 0.498. The van der Waals surface area contributed by atoms with Crippen molar-refractivity contribution in [1.82, 2.24) is 34.7 Å². The Kier molecular flexibility index (Phi) is 7.13. The minimum atomic E-state index is -0.290. The molecule has 1 saturated heterocycles. The fourth-order valence-electron chi connectivity index (χ4n) is 3.27. The topological polar surface area (TPSA) is 91.0 Å². The molecule has 0 saturated carbocycles. The van der Waals surface area contributed by atoms with Crippen molar-refractivity contribution in [2.24, 2.45) is 14.1 Å². The highest BCUT2D eigenvalue weighted by molar-refractivity contribution is 7.99. The first-order valence-electron chi connectivity index (χ1n) is 10.1. The molecule has 164 valence electrons. The van der Waals surface area contributed by atoms with E-state index in [4.69, 9.17) is 4.74 Å². The van der Waals surface area contributed by atoms with Gasteiger partial charge < -0.3 is 14.2 Å². The Morgan fingerprint density at radius 2 is 1.94 bits per heavy atom. The third-order valence-corrected chi connectivity index (χ3v) is 7.50. The van der Waals surface area contributed by atoms with Gasteiger partial charge >= 0.3 is 6.09 Å². The van der Waals surface area contributed by atoms with Gasteiger partial charge in [0, 0.05) is 50.6 Å². The highest BCUT2D eigenvalue weighted by Crippen LogP contribution is 2.28. The van der Waals surface area contributed by atoms with Gasteiger partial charge in [0.05, 0.1) is 0 Å². The van der Waals surface area contributed by atoms with Gasteiger partial charge in [0.25, 0.3) is 0 Å². The molecule has 2 aromatic heterocycles. The summed E-state index contributed by atoms with van der Waals surface area (Å²) in [4.78, 5) is 18.6. The zero-order chi connectivity index (χ0) is 21.6. The molecular weight excluding hydrogens is 434 g/mol. The second-order valence-corrected chi connectivity index (χ2v) is 9.65. The molecule has 3 heterocycles. The van der Waals surface area contributed by atoms with E-state index in [2.05, 4.69) is 20.5 Å². The predicted molar refractivity (Wildman–Crippen MR) is 119 cm³/mol. The number of hydrogen-bond donors (Lipinski definition) is 0. The maximum atomic E-state index is 12.5. The number of tetrazole rings is 1. The highest BCUT2D eigenvalue weighted by Gasteiger charge is 2.26. The minimum absolute atomic E-state index is 0.290. The summed E-state index contributed by atoms with van der Waals surface area (Å²) < 4.78 is 9.26. The standard InChI is InChI=1S/C20H25N7O2S2/c1-25-13-10-21-18(25)30-14-9-15-3-5-16(6-4-15)29-20(28)27-11-7-17(8-12-27)31-19-22-23-24-26(19)2/h3-6,10,13,17H,7-9,11-12,14H2,1-2H3. The normalized spacial score (nSPS) is 14.7. The first-order valence-corrected chi connectivity index (χ1v) is 12.0. The molecule has 0 spiro atoms. The summed E-state index contributed by atoms with van der Waals surface area (Å²) in [5, 5.41) is 13.8. The Bertz CT molecular complexity index is 997. The van der Waals surface area contributed by atoms with E-state index in [1.165, 1.54) is 5.56 Å². The summed E-state index contributed by atoms with van der Waals surface area (Å²) in [6.07, 6.45) is 6.17. The number of amides is 1. The van der Waals surface area contributed by atoms with Gasteiger partial charge in [0.15, 0.2) is 5.16 Å². The number of aryl methyl sites for hydroxylation is 3. The van der Waals surface area contributed by atoms with E-state index >= 15 is 0 Å². The largest absolute Gasteiger partial charge is 0.415 e. The van der Waals surface area contributed by atoms with Crippen molar-refractivity contribution in [3.8, 4) is 5.75 Å². The van der Waals surface area contributed by atoms with Crippen LogP contribution in [-0.2, 0) is 20.5 Å². The van der Waals surface area contributed by atoms with Crippen LogP contribution in [0.1, 0.15) is 18.4 Å². The first kappa shape index (κ1) is 21.7. The van der Waals surface area contributed by atoms with Crippen molar-refractivity contribution in [2.45, 2.75) is 34.8 Å². The summed E-state index contributed by atoms with van der Waals surface area (Å²) in [7, 11) is 3.83. The summed E-state index contributed by atoms with van der Waals surface area (Å²) in [6, 6.07) is 7.75. The fraction of sp³-hybridized carbons (Fsp3) is 0.450. The number of imidazole rings is 1. The molecule has 11 heteroatoms. The maximum absolute atomic E-state index is 12.5. The molecule has 0 bridgehead atoms. The molecule has 9 nitrogen and oxygen atoms in total. The van der Waals surface area contributed by atoms with Gasteiger partial charge in [0.2, 0.25) is 5.16 Å². The van der Waals surface area contributed by atoms with E-state index in [0.717, 1.165) is 35.3 Å². The second kappa shape index (κ2) is 10.2. The lowest BCUT2D eigenvalue weighted by molar-refractivity contribution is 0.143. The second-order valence-electron chi connectivity index (χ2n) is 7.32. The molecule has 0 aliphatic carbocycles. The van der Waals surface area contributed by atoms with Crippen LogP contribution in [0.3, 0.4) is 0 Å². The number of carbonyl (C=O) groups is 1. The summed E-state index contributed by atoms with van der Waals surface area (Å²) >= 11 is 3.39. The molecule has 1 aromatic carbocycles. The molecule has 4 rings (SSSR count). The van der Waals surface area contributed by atoms with Crippen LogP contribution < -0.4 is 4.74 Å². The minimum Gasteiger partial charge on any atom is -0.410 e. The van der Waals surface area contributed by atoms with Crippen LogP contribution in [0.15, 0.2) is 47.0 Å². The monoisotopic (exact) mass is 459 g/mol. The van der Waals surface area contributed by atoms with Crippen LogP contribution in [0.25, 0.3) is 0 Å². The summed E-state index contributed by atoms with van der Waals surface area (Å²) in [5.74, 6) is 1.52. The molecule has 0 radical (unpaired) electrons. The van der Waals surface area contributed by atoms with Crippen LogP contribution >= 0.6 is 23.5 Å². The van der Waals surface area contributed by atoms with E-state index in [0.29, 0.717) is 24.1 Å². The van der Waals surface area contributed by atoms with Gasteiger partial charge in [0.1, 0.15) is 5.75 Å². The maximum Gasteiger partial charge on any atom is 0.415 e. The Hall–Kier alpha value is -2.53. The number of rotatable bonds is 7. The lowest BCUT2D eigenvalue weighted by Gasteiger charge is -2.30. The Morgan fingerprint density at radius 1 is 1.16 bits per heavy atom. The van der Waals surface area contributed by atoms with Gasteiger partial charge in [-0.1, -0.05) is 35.7 Å². The van der Waals surface area contributed by atoms with Gasteiger partial charge in [-0.15, -0.1) is 5.10 Å². The van der Waals surface area contributed by atoms with E-state index in [1.54, 1.807) is 33.1 Å². The van der Waals surface area contributed by atoms with E-state index in [1.807, 2.05) is 55.3 Å². The van der Waals surface area contributed by atoms with Crippen molar-refractivity contribution in [2.75, 3.05) is 18.8 Å². The molecule has 3 aromatic rings. The molecule has 1 amide bonds. The molecule has 1 aliphatic rings. The highest BCUT2D eigenvalue weighted by atomic mass is 32.2. The number of hydrogen-bond acceptors (Lipinski definition) is 8. The Morgan fingerprint density at radius 3 is 2.58 bits per heavy atom. The summed E-state index contributed by atoms with van der Waals surface area (Å²) in [5.41, 5.74) is 1.21. The average molecular weight is 460 g/mol. The molecule has 1 aliphatic heterocycles. The lowest BCUT2D eigenvalue weighted by Crippen LogP contribution is -2.41. The molecule has 0 atom stereocenters. The van der Waals surface area contributed by atoms with Crippen molar-refractivity contribution in [3.63, 3.8) is 0 Å². The third kappa shape index (κ3) is 5.79. The zero-order valence-electron chi connectivity index (χ0n) is 17.5. The first-order chi connectivity index (χ1) is 15.1. The van der Waals surface area contributed by atoms with E-state index in [-0.39, 0.29) is 6.09 Å². The van der Waals surface area contributed by atoms with Crippen LogP contribution in [0.2, 0.25) is 0 Å². The Labute approximate surface area is 189 Å². The van der Waals surface area contributed by atoms with E-state index in [9.17, 15) is 4.79 Å². The van der Waals surface area contributed by atoms with E-state index < -0.39 is 0 Å². The number of piperidine rings is 1. The SMILES string of the molecule is Cn1ccnc1SCCc1ccc(OC(=O)N2CCC(Sc3nnnn3C)CC2)cc1. The number of nitrogens with zero attached hydrogens (tertiary/aromatic N) is 7. The number of thioether (sulfide) groups is 2. The predicted octanol–water partition coefficient (Wildman–Crippen LogP) is 3.03. The molecule has 0 unspecified atom stereocenters. The van der Waals surface area contributed by atoms with Crippen molar-refractivity contribution < 1.29 is 9.53 Å². The molecule has 1 fully saturated rings. The zero-order valence-corrected chi connectivity index (χ0v) is 19.2. The van der Waals surface area contributed by atoms with Crippen LogP contribution in [-0.4, -0.2) is 64.8 Å². The van der Waals surface area contributed by atoms with Crippen LogP contribution in [0.4, 0.5) is 4.79 Å². The smallest absolute Gasteiger partial charge is 0.410 e. The van der Waals surface area contributed by atoms with Gasteiger partial charge in [-0.2, -0.15) is 0 Å². The van der Waals surface area contributed by atoms with Gasteiger partial charge in [-0.05, 0) is 47.4 Å². The average Bonchev–Trinajstić information content (AvgIpc) is 3.37. The van der Waals surface area contributed by atoms with Crippen molar-refractivity contribution in [1.29, 1.82) is 0 Å². The lowest BCUT2D eigenvalue weighted by atomic mass is 10.1. The number of carbonyl (C=O) groups excluding carboxylic acids is 1. The number of ether oxygens (including phenoxy) is 1. The van der Waals surface area contributed by atoms with Gasteiger partial charge in [-0.25, -0.2) is 14.5 Å². The number of likely N-dealkylation sites (tertiary alicyclic amines) is 1. The van der Waals surface area contributed by atoms with Crippen LogP contribution in [0.5, 0.6) is 5.75 Å². The van der Waals surface area contributed by atoms with Crippen molar-refractivity contribution >= 4 is 29.6 Å². The third-order valence-electron chi connectivity index (χ3n) is 5.08. The van der Waals surface area contributed by atoms with Gasteiger partial charge in [-0.3, -0.25) is 0 Å². The molecule has 31 heavy (non-hydrogen) atoms. The molecular formula is C20H25N7O2S2. The molecule has 0 N–H and O–H groups in total. The number of benzene rings is 1. The Balaban J connectivity index is 1.20. The number of aromatic nitrogens is 6. The summed E-state index contributed by atoms with van der Waals surface area (Å²) in [6.45, 7) is 1.34. The van der Waals surface area contributed by atoms with Crippen molar-refractivity contribution in [3.05, 3.63) is 42.2 Å².